The second-order valence-electron chi connectivity index (χ2n) is 5.99. The van der Waals surface area contributed by atoms with E-state index in [1.165, 1.54) is 16.9 Å². The Morgan fingerprint density at radius 1 is 0.800 bits per heavy atom. The molecule has 0 saturated heterocycles. The lowest BCUT2D eigenvalue weighted by Gasteiger charge is -2.22. The van der Waals surface area contributed by atoms with Crippen LogP contribution in [0.15, 0.2) is 49.4 Å². The molecule has 0 amide bonds. The van der Waals surface area contributed by atoms with Crippen LogP contribution in [-0.4, -0.2) is 81.8 Å². The molecule has 0 spiro atoms. The largest absolute Gasteiger partial charge is 0.469 e. The Labute approximate surface area is 176 Å². The zero-order valence-electron chi connectivity index (χ0n) is 18.0. The SMILES string of the molecule is C=C(OC)OC(=C)C(=O)OCC(=C)N(C)CC(=O)OCC(=C)N(C)CC(=O)OCC. The Balaban J connectivity index is 4.30. The van der Waals surface area contributed by atoms with Crippen molar-refractivity contribution in [2.75, 3.05) is 54.1 Å². The van der Waals surface area contributed by atoms with E-state index in [1.54, 1.807) is 21.0 Å². The van der Waals surface area contributed by atoms with Crippen molar-refractivity contribution < 1.29 is 38.1 Å². The maximum atomic E-state index is 12.0. The molecule has 0 radical (unpaired) electrons. The molecule has 0 atom stereocenters. The minimum absolute atomic E-state index is 0.000958. The molecule has 0 saturated carbocycles. The van der Waals surface area contributed by atoms with Crippen LogP contribution in [0.3, 0.4) is 0 Å². The summed E-state index contributed by atoms with van der Waals surface area (Å²) in [6.07, 6.45) is 0. The van der Waals surface area contributed by atoms with Gasteiger partial charge in [-0.3, -0.25) is 9.59 Å². The number of methoxy groups -OCH3 is 1. The van der Waals surface area contributed by atoms with Crippen LogP contribution in [0.5, 0.6) is 0 Å². The molecule has 10 heteroatoms. The van der Waals surface area contributed by atoms with Crippen molar-refractivity contribution in [3.63, 3.8) is 0 Å². The predicted octanol–water partition coefficient (Wildman–Crippen LogP) is 1.17. The third kappa shape index (κ3) is 10.8. The number of rotatable bonds is 15. The minimum atomic E-state index is -0.828. The monoisotopic (exact) mass is 426 g/mol. The number of likely N-dealkylation sites (N-methyl/N-ethyl adjacent to an activating group) is 2. The first kappa shape index (κ1) is 26.6. The van der Waals surface area contributed by atoms with Crippen LogP contribution in [0.25, 0.3) is 0 Å². The quantitative estimate of drug-likeness (QED) is 0.164. The Bertz CT molecular complexity index is 686. The van der Waals surface area contributed by atoms with Crippen molar-refractivity contribution in [1.29, 1.82) is 0 Å². The number of hydrogen-bond donors (Lipinski definition) is 0. The highest BCUT2D eigenvalue weighted by molar-refractivity contribution is 5.85. The van der Waals surface area contributed by atoms with Gasteiger partial charge in [0.15, 0.2) is 0 Å². The highest BCUT2D eigenvalue weighted by Crippen LogP contribution is 2.07. The summed E-state index contributed by atoms with van der Waals surface area (Å²) in [6.45, 7) is 15.9. The topological polar surface area (TPSA) is 104 Å². The third-order valence-corrected chi connectivity index (χ3v) is 3.58. The van der Waals surface area contributed by atoms with Crippen LogP contribution in [-0.2, 0) is 38.1 Å². The Morgan fingerprint density at radius 2 is 1.27 bits per heavy atom. The number of carbonyl (C=O) groups excluding carboxylic acids is 3. The Morgan fingerprint density at radius 3 is 1.73 bits per heavy atom. The molecule has 0 aromatic rings. The minimum Gasteiger partial charge on any atom is -0.469 e. The molecule has 0 fully saturated rings. The van der Waals surface area contributed by atoms with E-state index >= 15 is 0 Å². The summed E-state index contributed by atoms with van der Waals surface area (Å²) in [5.74, 6) is -2.20. The highest BCUT2D eigenvalue weighted by atomic mass is 16.7. The predicted molar refractivity (Wildman–Crippen MR) is 108 cm³/mol. The second kappa shape index (κ2) is 13.7. The van der Waals surface area contributed by atoms with Gasteiger partial charge in [-0.15, -0.1) is 0 Å². The van der Waals surface area contributed by atoms with E-state index in [0.29, 0.717) is 11.4 Å². The summed E-state index contributed by atoms with van der Waals surface area (Å²) in [6, 6.07) is 0. The Kier molecular flexibility index (Phi) is 12.1. The van der Waals surface area contributed by atoms with Crippen LogP contribution in [0.4, 0.5) is 0 Å². The fraction of sp³-hybridized carbons (Fsp3) is 0.450. The van der Waals surface area contributed by atoms with Gasteiger partial charge < -0.3 is 33.5 Å². The van der Waals surface area contributed by atoms with E-state index in [9.17, 15) is 14.4 Å². The summed E-state index contributed by atoms with van der Waals surface area (Å²) in [4.78, 5) is 38.2. The lowest BCUT2D eigenvalue weighted by atomic mass is 10.4. The van der Waals surface area contributed by atoms with Gasteiger partial charge in [-0.2, -0.15) is 0 Å². The molecule has 0 bridgehead atoms. The number of hydrogen-bond acceptors (Lipinski definition) is 10. The van der Waals surface area contributed by atoms with E-state index in [1.807, 2.05) is 0 Å². The maximum Gasteiger partial charge on any atom is 0.374 e. The molecule has 0 N–H and O–H groups in total. The van der Waals surface area contributed by atoms with E-state index in [4.69, 9.17) is 18.9 Å². The van der Waals surface area contributed by atoms with Gasteiger partial charge in [0.25, 0.3) is 5.95 Å². The van der Waals surface area contributed by atoms with Gasteiger partial charge in [0.05, 0.1) is 13.7 Å². The van der Waals surface area contributed by atoms with Crippen LogP contribution < -0.4 is 0 Å². The number of esters is 3. The molecular formula is C20H30N2O8. The standard InChI is InChI=1S/C20H30N2O8/c1-9-27-18(23)10-21(6)14(2)12-28-19(24)11-22(7)15(3)13-29-20(25)16(4)30-17(5)26-8/h2-5,9-13H2,1,6-8H3. The summed E-state index contributed by atoms with van der Waals surface area (Å²) >= 11 is 0. The van der Waals surface area contributed by atoms with Crippen molar-refractivity contribution in [2.24, 2.45) is 0 Å². The average Bonchev–Trinajstić information content (AvgIpc) is 2.69. The second-order valence-corrected chi connectivity index (χ2v) is 5.99. The summed E-state index contributed by atoms with van der Waals surface area (Å²) < 4.78 is 24.5. The fourth-order valence-electron chi connectivity index (χ4n) is 1.70. The van der Waals surface area contributed by atoms with Crippen LogP contribution in [0, 0.1) is 0 Å². The van der Waals surface area contributed by atoms with Gasteiger partial charge in [-0.25, -0.2) is 4.79 Å². The van der Waals surface area contributed by atoms with Crippen molar-refractivity contribution in [1.82, 2.24) is 9.80 Å². The molecule has 0 heterocycles. The molecule has 0 aromatic carbocycles. The first-order chi connectivity index (χ1) is 14.0. The van der Waals surface area contributed by atoms with Crippen molar-refractivity contribution in [3.8, 4) is 0 Å². The van der Waals surface area contributed by atoms with Crippen molar-refractivity contribution in [3.05, 3.63) is 49.4 Å². The molecule has 168 valence electrons. The Hall–Kier alpha value is -3.43. The van der Waals surface area contributed by atoms with Gasteiger partial charge in [0, 0.05) is 25.5 Å². The van der Waals surface area contributed by atoms with E-state index in [2.05, 4.69) is 31.1 Å². The lowest BCUT2D eigenvalue weighted by Crippen LogP contribution is -2.31. The molecule has 0 unspecified atom stereocenters. The van der Waals surface area contributed by atoms with E-state index in [0.717, 1.165) is 0 Å². The first-order valence-electron chi connectivity index (χ1n) is 8.87. The third-order valence-electron chi connectivity index (χ3n) is 3.58. The number of nitrogens with zero attached hydrogens (tertiary/aromatic N) is 2. The average molecular weight is 426 g/mol. The zero-order chi connectivity index (χ0) is 23.3. The summed E-state index contributed by atoms with van der Waals surface area (Å²) in [7, 11) is 4.54. The van der Waals surface area contributed by atoms with Crippen LogP contribution >= 0.6 is 0 Å². The van der Waals surface area contributed by atoms with Crippen molar-refractivity contribution in [2.45, 2.75) is 6.92 Å². The highest BCUT2D eigenvalue weighted by Gasteiger charge is 2.16. The molecular weight excluding hydrogens is 396 g/mol. The summed E-state index contributed by atoms with van der Waals surface area (Å²) in [5, 5.41) is 0. The molecule has 0 aliphatic heterocycles. The maximum absolute atomic E-state index is 12.0. The van der Waals surface area contributed by atoms with Gasteiger partial charge in [-0.05, 0) is 20.1 Å². The lowest BCUT2D eigenvalue weighted by molar-refractivity contribution is -0.144. The number of ether oxygens (including phenoxy) is 5. The van der Waals surface area contributed by atoms with E-state index < -0.39 is 17.9 Å². The molecule has 0 aromatic heterocycles. The van der Waals surface area contributed by atoms with Gasteiger partial charge in [0.1, 0.15) is 26.3 Å². The van der Waals surface area contributed by atoms with Crippen LogP contribution in [0.1, 0.15) is 6.92 Å². The smallest absolute Gasteiger partial charge is 0.374 e. The zero-order valence-corrected chi connectivity index (χ0v) is 18.0. The summed E-state index contributed by atoms with van der Waals surface area (Å²) in [5.41, 5.74) is 0.778. The molecule has 0 aliphatic rings. The first-order valence-corrected chi connectivity index (χ1v) is 8.87. The molecule has 10 nitrogen and oxygen atoms in total. The van der Waals surface area contributed by atoms with E-state index in [-0.39, 0.29) is 44.6 Å². The van der Waals surface area contributed by atoms with Gasteiger partial charge >= 0.3 is 17.9 Å². The van der Waals surface area contributed by atoms with Gasteiger partial charge in [0.2, 0.25) is 5.76 Å². The molecule has 0 aliphatic carbocycles. The normalized spacial score (nSPS) is 9.60. The fourth-order valence-corrected chi connectivity index (χ4v) is 1.70. The number of carbonyl (C=O) groups is 3. The van der Waals surface area contributed by atoms with Gasteiger partial charge in [-0.1, -0.05) is 13.2 Å². The van der Waals surface area contributed by atoms with Crippen molar-refractivity contribution >= 4 is 17.9 Å². The molecule has 30 heavy (non-hydrogen) atoms. The van der Waals surface area contributed by atoms with Crippen LogP contribution in [0.2, 0.25) is 0 Å². The molecule has 0 rings (SSSR count).